The number of carboxylic acid groups (broad SMARTS) is 1. The van der Waals surface area contributed by atoms with Gasteiger partial charge in [0.1, 0.15) is 6.61 Å². The van der Waals surface area contributed by atoms with E-state index in [9.17, 15) is 9.59 Å². The van der Waals surface area contributed by atoms with Gasteiger partial charge in [0, 0.05) is 12.5 Å². The first-order valence-corrected chi connectivity index (χ1v) is 12.7. The Kier molecular flexibility index (Phi) is 25.7. The molecule has 0 aliphatic carbocycles. The molecule has 0 spiro atoms. The predicted molar refractivity (Wildman–Crippen MR) is 132 cm³/mol. The van der Waals surface area contributed by atoms with Crippen LogP contribution in [0.4, 0.5) is 0 Å². The summed E-state index contributed by atoms with van der Waals surface area (Å²) in [6.45, 7) is 3.85. The minimum absolute atomic E-state index is 0.235. The summed E-state index contributed by atoms with van der Waals surface area (Å²) in [5.74, 6) is -1.31. The van der Waals surface area contributed by atoms with Crippen LogP contribution in [0.25, 0.3) is 0 Å². The SMILES string of the molecule is C=CC(=O)OCC(CO)(CO)CO.CCCCCCCCCCCCCCCCCC(=O)O. The number of carbonyl (C=O) groups is 2. The van der Waals surface area contributed by atoms with Crippen molar-refractivity contribution in [2.75, 3.05) is 26.4 Å². The molecule has 0 fully saturated rings. The Hall–Kier alpha value is -1.44. The summed E-state index contributed by atoms with van der Waals surface area (Å²) < 4.78 is 4.59. The van der Waals surface area contributed by atoms with Gasteiger partial charge in [0.05, 0.1) is 25.2 Å². The van der Waals surface area contributed by atoms with Gasteiger partial charge in [0.15, 0.2) is 0 Å². The van der Waals surface area contributed by atoms with Crippen LogP contribution in [0.2, 0.25) is 0 Å². The van der Waals surface area contributed by atoms with Crippen molar-refractivity contribution in [3.63, 3.8) is 0 Å². The molecule has 0 atom stereocenters. The van der Waals surface area contributed by atoms with Crippen LogP contribution in [0, 0.1) is 5.41 Å². The van der Waals surface area contributed by atoms with E-state index in [-0.39, 0.29) is 6.61 Å². The summed E-state index contributed by atoms with van der Waals surface area (Å²) in [5, 5.41) is 35.0. The van der Waals surface area contributed by atoms with Crippen LogP contribution in [-0.4, -0.2) is 58.8 Å². The number of ether oxygens (including phenoxy) is 1. The fraction of sp³-hybridized carbons (Fsp3) is 0.846. The first-order chi connectivity index (χ1) is 15.9. The van der Waals surface area contributed by atoms with E-state index in [4.69, 9.17) is 20.4 Å². The van der Waals surface area contributed by atoms with E-state index in [1.54, 1.807) is 0 Å². The molecular formula is C26H50O7. The molecule has 0 radical (unpaired) electrons. The van der Waals surface area contributed by atoms with Crippen molar-refractivity contribution in [1.82, 2.24) is 0 Å². The monoisotopic (exact) mass is 474 g/mol. The van der Waals surface area contributed by atoms with Crippen molar-refractivity contribution < 1.29 is 34.8 Å². The number of aliphatic carboxylic acids is 1. The van der Waals surface area contributed by atoms with Crippen molar-refractivity contribution in [3.8, 4) is 0 Å². The fourth-order valence-corrected chi connectivity index (χ4v) is 3.22. The number of rotatable bonds is 22. The standard InChI is InChI=1S/C18H36O2.C8H14O5/c1-2-3-4-5-6-7-8-9-10-11-12-13-14-15-16-17-18(19)20;1-2-7(12)13-6-8(3-9,4-10)5-11/h2-17H2,1H3,(H,19,20);2,9-11H,1,3-6H2. The third-order valence-corrected chi connectivity index (χ3v) is 5.69. The number of carbonyl (C=O) groups excluding carboxylic acids is 1. The van der Waals surface area contributed by atoms with Crippen LogP contribution in [0.15, 0.2) is 12.7 Å². The van der Waals surface area contributed by atoms with Crippen molar-refractivity contribution >= 4 is 11.9 Å². The normalized spacial score (nSPS) is 10.9. The number of hydrogen-bond acceptors (Lipinski definition) is 6. The predicted octanol–water partition coefficient (Wildman–Crippen LogP) is 5.01. The van der Waals surface area contributed by atoms with Crippen LogP contribution in [0.5, 0.6) is 0 Å². The first-order valence-electron chi connectivity index (χ1n) is 12.7. The number of hydrogen-bond donors (Lipinski definition) is 4. The second kappa shape index (κ2) is 25.2. The Morgan fingerprint density at radius 1 is 0.727 bits per heavy atom. The topological polar surface area (TPSA) is 124 Å². The highest BCUT2D eigenvalue weighted by molar-refractivity contribution is 5.81. The van der Waals surface area contributed by atoms with Crippen LogP contribution in [0.1, 0.15) is 110 Å². The maximum Gasteiger partial charge on any atom is 0.330 e. The van der Waals surface area contributed by atoms with Crippen molar-refractivity contribution in [2.24, 2.45) is 5.41 Å². The van der Waals surface area contributed by atoms with E-state index >= 15 is 0 Å². The molecule has 0 aromatic heterocycles. The smallest absolute Gasteiger partial charge is 0.330 e. The fourth-order valence-electron chi connectivity index (χ4n) is 3.22. The molecule has 7 heteroatoms. The van der Waals surface area contributed by atoms with Gasteiger partial charge in [0.25, 0.3) is 0 Å². The summed E-state index contributed by atoms with van der Waals surface area (Å²) in [6, 6.07) is 0. The van der Waals surface area contributed by atoms with E-state index in [2.05, 4.69) is 18.2 Å². The van der Waals surface area contributed by atoms with E-state index in [1.165, 1.54) is 83.5 Å². The molecule has 0 aliphatic heterocycles. The lowest BCUT2D eigenvalue weighted by atomic mass is 9.93. The molecule has 0 aromatic carbocycles. The molecule has 0 amide bonds. The highest BCUT2D eigenvalue weighted by atomic mass is 16.5. The van der Waals surface area contributed by atoms with Crippen molar-refractivity contribution in [3.05, 3.63) is 12.7 Å². The lowest BCUT2D eigenvalue weighted by Crippen LogP contribution is -2.39. The molecule has 0 aromatic rings. The molecule has 7 nitrogen and oxygen atoms in total. The summed E-state index contributed by atoms with van der Waals surface area (Å²) >= 11 is 0. The zero-order chi connectivity index (χ0) is 25.2. The minimum atomic E-state index is -1.17. The molecule has 0 heterocycles. The molecule has 0 saturated heterocycles. The molecule has 196 valence electrons. The number of unbranched alkanes of at least 4 members (excludes halogenated alkanes) is 14. The maximum absolute atomic E-state index is 10.6. The largest absolute Gasteiger partial charge is 0.481 e. The van der Waals surface area contributed by atoms with E-state index in [0.29, 0.717) is 6.42 Å². The van der Waals surface area contributed by atoms with E-state index < -0.39 is 37.2 Å². The highest BCUT2D eigenvalue weighted by Crippen LogP contribution is 2.15. The van der Waals surface area contributed by atoms with Gasteiger partial charge < -0.3 is 25.2 Å². The Morgan fingerprint density at radius 2 is 1.09 bits per heavy atom. The van der Waals surface area contributed by atoms with Gasteiger partial charge in [-0.2, -0.15) is 0 Å². The van der Waals surface area contributed by atoms with Gasteiger partial charge in [-0.3, -0.25) is 4.79 Å². The zero-order valence-electron chi connectivity index (χ0n) is 20.9. The number of carboxylic acids is 1. The number of aliphatic hydroxyl groups is 3. The first kappa shape index (κ1) is 33.7. The Balaban J connectivity index is 0. The Bertz CT molecular complexity index is 453. The zero-order valence-corrected chi connectivity index (χ0v) is 20.9. The number of esters is 1. The molecule has 0 bridgehead atoms. The average molecular weight is 475 g/mol. The molecule has 0 saturated carbocycles. The van der Waals surface area contributed by atoms with Crippen molar-refractivity contribution in [1.29, 1.82) is 0 Å². The summed E-state index contributed by atoms with van der Waals surface area (Å²) in [7, 11) is 0. The van der Waals surface area contributed by atoms with Gasteiger partial charge in [0.2, 0.25) is 0 Å². The quantitative estimate of drug-likeness (QED) is 0.0987. The second-order valence-corrected chi connectivity index (χ2v) is 8.88. The van der Waals surface area contributed by atoms with Crippen LogP contribution >= 0.6 is 0 Å². The van der Waals surface area contributed by atoms with E-state index in [0.717, 1.165) is 18.9 Å². The van der Waals surface area contributed by atoms with Gasteiger partial charge in [-0.1, -0.05) is 103 Å². The molecule has 4 N–H and O–H groups in total. The molecule has 0 aliphatic rings. The third-order valence-electron chi connectivity index (χ3n) is 5.69. The maximum atomic E-state index is 10.6. The van der Waals surface area contributed by atoms with Gasteiger partial charge in [-0.15, -0.1) is 0 Å². The molecule has 0 rings (SSSR count). The Labute approximate surface area is 201 Å². The average Bonchev–Trinajstić information content (AvgIpc) is 2.82. The summed E-state index contributed by atoms with van der Waals surface area (Å²) in [5.41, 5.74) is -1.17. The van der Waals surface area contributed by atoms with Gasteiger partial charge >= 0.3 is 11.9 Å². The minimum Gasteiger partial charge on any atom is -0.481 e. The molecular weight excluding hydrogens is 424 g/mol. The number of aliphatic hydroxyl groups excluding tert-OH is 3. The molecule has 33 heavy (non-hydrogen) atoms. The van der Waals surface area contributed by atoms with E-state index in [1.807, 2.05) is 0 Å². The van der Waals surface area contributed by atoms with Gasteiger partial charge in [-0.05, 0) is 6.42 Å². The van der Waals surface area contributed by atoms with Crippen molar-refractivity contribution in [2.45, 2.75) is 110 Å². The Morgan fingerprint density at radius 3 is 1.39 bits per heavy atom. The van der Waals surface area contributed by atoms with Crippen LogP contribution in [-0.2, 0) is 14.3 Å². The lowest BCUT2D eigenvalue weighted by Gasteiger charge is -2.26. The summed E-state index contributed by atoms with van der Waals surface area (Å²) in [4.78, 5) is 21.0. The van der Waals surface area contributed by atoms with Crippen LogP contribution < -0.4 is 0 Å². The van der Waals surface area contributed by atoms with Gasteiger partial charge in [-0.25, -0.2) is 4.79 Å². The highest BCUT2D eigenvalue weighted by Gasteiger charge is 2.29. The molecule has 0 unspecified atom stereocenters. The third kappa shape index (κ3) is 23.5. The lowest BCUT2D eigenvalue weighted by molar-refractivity contribution is -0.145. The summed E-state index contributed by atoms with van der Waals surface area (Å²) in [6.07, 6.45) is 21.2. The van der Waals surface area contributed by atoms with Crippen LogP contribution in [0.3, 0.4) is 0 Å². The second-order valence-electron chi connectivity index (χ2n) is 8.88.